The molecule has 10 heavy (non-hydrogen) atoms. The van der Waals surface area contributed by atoms with Crippen molar-refractivity contribution in [3.8, 4) is 0 Å². The van der Waals surface area contributed by atoms with Crippen molar-refractivity contribution in [2.24, 2.45) is 0 Å². The van der Waals surface area contributed by atoms with E-state index in [1.165, 1.54) is 0 Å². The summed E-state index contributed by atoms with van der Waals surface area (Å²) in [7, 11) is 0. The zero-order chi connectivity index (χ0) is 7.40. The van der Waals surface area contributed by atoms with Crippen molar-refractivity contribution >= 4 is 5.97 Å². The van der Waals surface area contributed by atoms with Gasteiger partial charge < -0.3 is 9.47 Å². The molecule has 3 nitrogen and oxygen atoms in total. The number of esters is 1. The number of carbonyl (C=O) groups excluding carboxylic acids is 1. The molecule has 1 rings (SSSR count). The van der Waals surface area contributed by atoms with Crippen LogP contribution >= 0.6 is 0 Å². The van der Waals surface area contributed by atoms with E-state index in [-0.39, 0.29) is 12.1 Å². The molecule has 0 aliphatic carbocycles. The minimum Gasteiger partial charge on any atom is -0.466 e. The molecule has 0 spiro atoms. The molecular formula is C7H11O3. The van der Waals surface area contributed by atoms with Crippen molar-refractivity contribution in [3.63, 3.8) is 0 Å². The molecule has 1 radical (unpaired) electrons. The Kier molecular flexibility index (Phi) is 2.68. The standard InChI is InChI=1S/C7H11O3/c1-2-3-9-7(8)4-6-5-10-6/h6H,1-5H2. The van der Waals surface area contributed by atoms with Crippen LogP contribution in [0.1, 0.15) is 12.8 Å². The molecule has 0 amide bonds. The number of carbonyl (C=O) groups is 1. The lowest BCUT2D eigenvalue weighted by atomic mass is 10.3. The van der Waals surface area contributed by atoms with Crippen LogP contribution in [-0.2, 0) is 14.3 Å². The van der Waals surface area contributed by atoms with Gasteiger partial charge in [0.1, 0.15) is 0 Å². The first-order chi connectivity index (χ1) is 4.83. The first kappa shape index (κ1) is 7.54. The number of hydrogen-bond donors (Lipinski definition) is 0. The summed E-state index contributed by atoms with van der Waals surface area (Å²) in [4.78, 5) is 10.7. The van der Waals surface area contributed by atoms with E-state index in [0.29, 0.717) is 26.1 Å². The number of epoxide rings is 1. The maximum atomic E-state index is 10.7. The monoisotopic (exact) mass is 143 g/mol. The lowest BCUT2D eigenvalue weighted by Crippen LogP contribution is -2.07. The summed E-state index contributed by atoms with van der Waals surface area (Å²) >= 11 is 0. The average molecular weight is 143 g/mol. The Hall–Kier alpha value is -0.570. The maximum Gasteiger partial charge on any atom is 0.308 e. The molecule has 1 fully saturated rings. The summed E-state index contributed by atoms with van der Waals surface area (Å²) in [5, 5.41) is 0. The lowest BCUT2D eigenvalue weighted by molar-refractivity contribution is -0.143. The zero-order valence-electron chi connectivity index (χ0n) is 5.84. The Balaban J connectivity index is 1.97. The van der Waals surface area contributed by atoms with Crippen LogP contribution in [0.4, 0.5) is 0 Å². The second kappa shape index (κ2) is 3.56. The molecule has 0 N–H and O–H groups in total. The summed E-state index contributed by atoms with van der Waals surface area (Å²) in [6.07, 6.45) is 1.18. The summed E-state index contributed by atoms with van der Waals surface area (Å²) in [6, 6.07) is 0. The van der Waals surface area contributed by atoms with Gasteiger partial charge in [-0.15, -0.1) is 0 Å². The van der Waals surface area contributed by atoms with Crippen LogP contribution in [0.25, 0.3) is 0 Å². The summed E-state index contributed by atoms with van der Waals surface area (Å²) < 4.78 is 9.60. The molecule has 0 aromatic rings. The molecule has 1 heterocycles. The van der Waals surface area contributed by atoms with Crippen LogP contribution in [0.2, 0.25) is 0 Å². The highest BCUT2D eigenvalue weighted by atomic mass is 16.6. The van der Waals surface area contributed by atoms with Crippen molar-refractivity contribution in [1.82, 2.24) is 0 Å². The van der Waals surface area contributed by atoms with Gasteiger partial charge in [0.2, 0.25) is 0 Å². The van der Waals surface area contributed by atoms with E-state index in [1.807, 2.05) is 0 Å². The topological polar surface area (TPSA) is 38.8 Å². The van der Waals surface area contributed by atoms with Gasteiger partial charge in [-0.3, -0.25) is 4.79 Å². The van der Waals surface area contributed by atoms with Gasteiger partial charge in [0.25, 0.3) is 0 Å². The molecule has 1 unspecified atom stereocenters. The van der Waals surface area contributed by atoms with E-state index >= 15 is 0 Å². The highest BCUT2D eigenvalue weighted by Gasteiger charge is 2.26. The van der Waals surface area contributed by atoms with Gasteiger partial charge in [-0.1, -0.05) is 0 Å². The van der Waals surface area contributed by atoms with Crippen LogP contribution < -0.4 is 0 Å². The SMILES string of the molecule is [CH2]CCOC(=O)CC1CO1. The van der Waals surface area contributed by atoms with Crippen molar-refractivity contribution in [3.05, 3.63) is 6.92 Å². The van der Waals surface area contributed by atoms with Gasteiger partial charge in [-0.25, -0.2) is 0 Å². The molecule has 1 saturated heterocycles. The Morgan fingerprint density at radius 3 is 3.00 bits per heavy atom. The normalized spacial score (nSPS) is 22.3. The summed E-state index contributed by atoms with van der Waals surface area (Å²) in [5.74, 6) is -0.175. The van der Waals surface area contributed by atoms with E-state index in [9.17, 15) is 4.79 Å². The largest absolute Gasteiger partial charge is 0.466 e. The highest BCUT2D eigenvalue weighted by molar-refractivity contribution is 5.70. The smallest absolute Gasteiger partial charge is 0.308 e. The molecule has 1 aliphatic rings. The second-order valence-electron chi connectivity index (χ2n) is 2.23. The predicted molar refractivity (Wildman–Crippen MR) is 35.3 cm³/mol. The second-order valence-corrected chi connectivity index (χ2v) is 2.23. The van der Waals surface area contributed by atoms with Crippen molar-refractivity contribution in [2.45, 2.75) is 18.9 Å². The lowest BCUT2D eigenvalue weighted by Gasteiger charge is -1.98. The minimum absolute atomic E-state index is 0.136. The summed E-state index contributed by atoms with van der Waals surface area (Å²) in [5.41, 5.74) is 0. The Bertz CT molecular complexity index is 118. The summed E-state index contributed by atoms with van der Waals surface area (Å²) in [6.45, 7) is 4.67. The van der Waals surface area contributed by atoms with Crippen molar-refractivity contribution in [2.75, 3.05) is 13.2 Å². The molecule has 0 aromatic carbocycles. The predicted octanol–water partition coefficient (Wildman–Crippen LogP) is 0.543. The zero-order valence-corrected chi connectivity index (χ0v) is 5.84. The van der Waals surface area contributed by atoms with E-state index < -0.39 is 0 Å². The minimum atomic E-state index is -0.175. The number of hydrogen-bond acceptors (Lipinski definition) is 3. The van der Waals surface area contributed by atoms with Gasteiger partial charge >= 0.3 is 5.97 Å². The highest BCUT2D eigenvalue weighted by Crippen LogP contribution is 2.13. The number of ether oxygens (including phenoxy) is 2. The first-order valence-electron chi connectivity index (χ1n) is 3.39. The van der Waals surface area contributed by atoms with Gasteiger partial charge in [-0.05, 0) is 13.3 Å². The van der Waals surface area contributed by atoms with E-state index in [4.69, 9.17) is 9.47 Å². The van der Waals surface area contributed by atoms with Gasteiger partial charge in [-0.2, -0.15) is 0 Å². The third-order valence-corrected chi connectivity index (χ3v) is 1.20. The molecular weight excluding hydrogens is 132 g/mol. The quantitative estimate of drug-likeness (QED) is 0.426. The van der Waals surface area contributed by atoms with Crippen molar-refractivity contribution in [1.29, 1.82) is 0 Å². The van der Waals surface area contributed by atoms with E-state index in [1.54, 1.807) is 0 Å². The van der Waals surface area contributed by atoms with Crippen LogP contribution in [0.5, 0.6) is 0 Å². The van der Waals surface area contributed by atoms with Gasteiger partial charge in [0.15, 0.2) is 0 Å². The molecule has 0 bridgehead atoms. The Labute approximate surface area is 60.3 Å². The fourth-order valence-electron chi connectivity index (χ4n) is 0.617. The maximum absolute atomic E-state index is 10.7. The molecule has 1 aliphatic heterocycles. The average Bonchev–Trinajstić information content (AvgIpc) is 2.67. The Morgan fingerprint density at radius 1 is 1.80 bits per heavy atom. The Morgan fingerprint density at radius 2 is 2.50 bits per heavy atom. The van der Waals surface area contributed by atoms with Crippen LogP contribution in [0, 0.1) is 6.92 Å². The third kappa shape index (κ3) is 2.82. The third-order valence-electron chi connectivity index (χ3n) is 1.20. The molecule has 1 atom stereocenters. The molecule has 0 aromatic heterocycles. The fourth-order valence-corrected chi connectivity index (χ4v) is 0.617. The molecule has 57 valence electrons. The van der Waals surface area contributed by atoms with Crippen molar-refractivity contribution < 1.29 is 14.3 Å². The van der Waals surface area contributed by atoms with E-state index in [0.717, 1.165) is 0 Å². The molecule has 3 heteroatoms. The number of rotatable bonds is 4. The van der Waals surface area contributed by atoms with Crippen LogP contribution in [0.15, 0.2) is 0 Å². The first-order valence-corrected chi connectivity index (χ1v) is 3.39. The fraction of sp³-hybridized carbons (Fsp3) is 0.714. The van der Waals surface area contributed by atoms with Crippen LogP contribution in [0.3, 0.4) is 0 Å². The van der Waals surface area contributed by atoms with Crippen LogP contribution in [-0.4, -0.2) is 25.3 Å². The molecule has 0 saturated carbocycles. The van der Waals surface area contributed by atoms with Gasteiger partial charge in [0.05, 0.1) is 25.7 Å². The van der Waals surface area contributed by atoms with E-state index in [2.05, 4.69) is 6.92 Å². The van der Waals surface area contributed by atoms with Gasteiger partial charge in [0, 0.05) is 0 Å².